The van der Waals surface area contributed by atoms with Crippen molar-refractivity contribution in [1.29, 1.82) is 0 Å². The van der Waals surface area contributed by atoms with Crippen LogP contribution >= 0.6 is 0 Å². The molecule has 0 fully saturated rings. The Balaban J connectivity index is 2.22. The third-order valence-electron chi connectivity index (χ3n) is 5.94. The van der Waals surface area contributed by atoms with Crippen LogP contribution in [0.15, 0.2) is 72.8 Å². The van der Waals surface area contributed by atoms with Gasteiger partial charge in [0.1, 0.15) is 0 Å². The van der Waals surface area contributed by atoms with Gasteiger partial charge in [-0.2, -0.15) is 13.2 Å². The number of allylic oxidation sites excluding steroid dienone is 1. The smallest absolute Gasteiger partial charge is 0.428 e. The van der Waals surface area contributed by atoms with Crippen LogP contribution in [0.2, 0.25) is 5.04 Å². The summed E-state index contributed by atoms with van der Waals surface area (Å²) in [5, 5.41) is 20.4. The van der Waals surface area contributed by atoms with Crippen LogP contribution in [-0.4, -0.2) is 42.4 Å². The molecule has 2 aromatic rings. The Morgan fingerprint density at radius 3 is 1.82 bits per heavy atom. The summed E-state index contributed by atoms with van der Waals surface area (Å²) in [4.78, 5) is 10.9. The highest BCUT2D eigenvalue weighted by atomic mass is 28.4. The van der Waals surface area contributed by atoms with E-state index in [0.29, 0.717) is 12.8 Å². The first kappa shape index (κ1) is 27.8. The second-order valence-electron chi connectivity index (χ2n) is 9.51. The van der Waals surface area contributed by atoms with Crippen LogP contribution in [0, 0.1) is 0 Å². The van der Waals surface area contributed by atoms with E-state index in [9.17, 15) is 23.1 Å². The van der Waals surface area contributed by atoms with Gasteiger partial charge in [0, 0.05) is 12.5 Å². The zero-order chi connectivity index (χ0) is 25.6. The number of carbonyl (C=O) groups is 1. The molecule has 0 amide bonds. The van der Waals surface area contributed by atoms with Gasteiger partial charge in [-0.3, -0.25) is 0 Å². The standard InChI is InChI=1S/C26H33F3O4Si/c1-20(14-8-7-13-19-25(32,23(30)31)26(27,28)29)33-34(24(2,3)4,21-15-9-5-10-16-21)22-17-11-6-12-18-22/h5-7,9-13,15-18,20,32H,8,14,19H2,1-4H3,(H,30,31)/b13-7+/t20-,25+/m0/s1. The Morgan fingerprint density at radius 2 is 1.44 bits per heavy atom. The number of halogens is 3. The van der Waals surface area contributed by atoms with E-state index in [1.54, 1.807) is 0 Å². The van der Waals surface area contributed by atoms with Gasteiger partial charge in [-0.25, -0.2) is 4.79 Å². The number of benzene rings is 2. The lowest BCUT2D eigenvalue weighted by Gasteiger charge is -2.44. The molecule has 0 aliphatic rings. The van der Waals surface area contributed by atoms with Crippen molar-refractivity contribution in [3.63, 3.8) is 0 Å². The minimum atomic E-state index is -5.26. The van der Waals surface area contributed by atoms with Gasteiger partial charge in [0.25, 0.3) is 13.9 Å². The van der Waals surface area contributed by atoms with Crippen molar-refractivity contribution >= 4 is 24.7 Å². The normalized spacial score (nSPS) is 15.8. The van der Waals surface area contributed by atoms with Crippen LogP contribution in [-0.2, 0) is 9.22 Å². The van der Waals surface area contributed by atoms with Crippen LogP contribution < -0.4 is 10.4 Å². The van der Waals surface area contributed by atoms with Gasteiger partial charge in [-0.15, -0.1) is 0 Å². The fraction of sp³-hybridized carbons (Fsp3) is 0.423. The largest absolute Gasteiger partial charge is 0.479 e. The molecule has 0 heterocycles. The van der Waals surface area contributed by atoms with Crippen LogP contribution in [0.1, 0.15) is 47.0 Å². The predicted molar refractivity (Wildman–Crippen MR) is 130 cm³/mol. The van der Waals surface area contributed by atoms with Gasteiger partial charge in [0.15, 0.2) is 0 Å². The summed E-state index contributed by atoms with van der Waals surface area (Å²) >= 11 is 0. The maximum absolute atomic E-state index is 12.9. The molecule has 0 spiro atoms. The monoisotopic (exact) mass is 494 g/mol. The van der Waals surface area contributed by atoms with E-state index in [4.69, 9.17) is 9.53 Å². The molecule has 2 atom stereocenters. The van der Waals surface area contributed by atoms with Gasteiger partial charge in [0.05, 0.1) is 0 Å². The van der Waals surface area contributed by atoms with E-state index in [-0.39, 0.29) is 11.1 Å². The average molecular weight is 495 g/mol. The van der Waals surface area contributed by atoms with E-state index < -0.39 is 32.5 Å². The number of aliphatic hydroxyl groups is 1. The van der Waals surface area contributed by atoms with E-state index in [0.717, 1.165) is 16.4 Å². The lowest BCUT2D eigenvalue weighted by atomic mass is 9.98. The number of carboxylic acids is 1. The first-order valence-corrected chi connectivity index (χ1v) is 13.1. The second-order valence-corrected chi connectivity index (χ2v) is 13.8. The quantitative estimate of drug-likeness (QED) is 0.358. The molecule has 0 bridgehead atoms. The molecule has 0 aromatic heterocycles. The summed E-state index contributed by atoms with van der Waals surface area (Å²) in [6, 6.07) is 20.2. The van der Waals surface area contributed by atoms with E-state index >= 15 is 0 Å². The summed E-state index contributed by atoms with van der Waals surface area (Å²) < 4.78 is 45.7. The van der Waals surface area contributed by atoms with E-state index in [2.05, 4.69) is 45.0 Å². The molecule has 8 heteroatoms. The fourth-order valence-corrected chi connectivity index (χ4v) is 8.82. The van der Waals surface area contributed by atoms with Crippen LogP contribution in [0.4, 0.5) is 13.2 Å². The molecule has 0 aliphatic carbocycles. The van der Waals surface area contributed by atoms with Gasteiger partial charge < -0.3 is 14.6 Å². The Morgan fingerprint density at radius 1 is 0.971 bits per heavy atom. The topological polar surface area (TPSA) is 66.8 Å². The molecule has 0 saturated heterocycles. The first-order chi connectivity index (χ1) is 15.8. The molecule has 2 N–H and O–H groups in total. The van der Waals surface area contributed by atoms with Crippen molar-refractivity contribution < 1.29 is 32.6 Å². The first-order valence-electron chi connectivity index (χ1n) is 11.2. The van der Waals surface area contributed by atoms with E-state index in [1.807, 2.05) is 43.3 Å². The third kappa shape index (κ3) is 5.98. The van der Waals surface area contributed by atoms with Crippen molar-refractivity contribution in [3.05, 3.63) is 72.8 Å². The number of rotatable bonds is 10. The predicted octanol–water partition coefficient (Wildman–Crippen LogP) is 5.06. The highest BCUT2D eigenvalue weighted by Gasteiger charge is 2.59. The fourth-order valence-electron chi connectivity index (χ4n) is 4.08. The number of hydrogen-bond acceptors (Lipinski definition) is 3. The minimum absolute atomic E-state index is 0.204. The third-order valence-corrected chi connectivity index (χ3v) is 11.1. The van der Waals surface area contributed by atoms with Crippen molar-refractivity contribution in [2.24, 2.45) is 0 Å². The Kier molecular flexibility index (Phi) is 8.90. The molecule has 34 heavy (non-hydrogen) atoms. The number of carboxylic acid groups (broad SMARTS) is 1. The zero-order valence-corrected chi connectivity index (χ0v) is 21.0. The molecular weight excluding hydrogens is 461 g/mol. The molecule has 4 nitrogen and oxygen atoms in total. The maximum Gasteiger partial charge on any atom is 0.428 e. The molecular formula is C26H33F3O4Si. The summed E-state index contributed by atoms with van der Waals surface area (Å²) in [6.45, 7) is 8.43. The Labute approximate surface area is 200 Å². The van der Waals surface area contributed by atoms with Gasteiger partial charge in [-0.05, 0) is 35.2 Å². The minimum Gasteiger partial charge on any atom is -0.479 e. The van der Waals surface area contributed by atoms with Gasteiger partial charge in [0.2, 0.25) is 0 Å². The molecule has 0 radical (unpaired) electrons. The highest BCUT2D eigenvalue weighted by Crippen LogP contribution is 2.38. The number of hydrogen-bond donors (Lipinski definition) is 2. The van der Waals surface area contributed by atoms with Gasteiger partial charge >= 0.3 is 12.1 Å². The second kappa shape index (κ2) is 10.9. The SMILES string of the molecule is C[C@@H](CC/C=C/C[C@@](O)(C(=O)O)C(F)(F)F)O[Si](c1ccccc1)(c1ccccc1)C(C)(C)C. The zero-order valence-electron chi connectivity index (χ0n) is 20.0. The lowest BCUT2D eigenvalue weighted by Crippen LogP contribution is -2.67. The molecule has 2 rings (SSSR count). The highest BCUT2D eigenvalue weighted by molar-refractivity contribution is 6.99. The van der Waals surface area contributed by atoms with Crippen LogP contribution in [0.5, 0.6) is 0 Å². The molecule has 0 aliphatic heterocycles. The summed E-state index contributed by atoms with van der Waals surface area (Å²) in [5.41, 5.74) is -3.79. The number of aliphatic carboxylic acids is 1. The summed E-state index contributed by atoms with van der Waals surface area (Å²) in [7, 11) is -2.74. The molecule has 0 saturated carbocycles. The number of alkyl halides is 3. The van der Waals surface area contributed by atoms with Gasteiger partial charge in [-0.1, -0.05) is 93.6 Å². The van der Waals surface area contributed by atoms with Crippen molar-refractivity contribution in [2.75, 3.05) is 0 Å². The molecule has 2 aromatic carbocycles. The Hall–Kier alpha value is -2.42. The van der Waals surface area contributed by atoms with Crippen molar-refractivity contribution in [1.82, 2.24) is 0 Å². The van der Waals surface area contributed by atoms with E-state index in [1.165, 1.54) is 6.08 Å². The Bertz CT molecular complexity index is 916. The van der Waals surface area contributed by atoms with Crippen LogP contribution in [0.25, 0.3) is 0 Å². The molecule has 0 unspecified atom stereocenters. The summed E-state index contributed by atoms with van der Waals surface area (Å²) in [6.07, 6.45) is -3.08. The van der Waals surface area contributed by atoms with Crippen LogP contribution in [0.3, 0.4) is 0 Å². The average Bonchev–Trinajstić information content (AvgIpc) is 2.76. The van der Waals surface area contributed by atoms with Crippen molar-refractivity contribution in [3.8, 4) is 0 Å². The maximum atomic E-state index is 12.9. The van der Waals surface area contributed by atoms with Crippen molar-refractivity contribution in [2.45, 2.75) is 69.9 Å². The molecule has 186 valence electrons. The summed E-state index contributed by atoms with van der Waals surface area (Å²) in [5.74, 6) is -2.31. The lowest BCUT2D eigenvalue weighted by molar-refractivity contribution is -0.258.